The van der Waals surface area contributed by atoms with Crippen molar-refractivity contribution in [2.24, 2.45) is 5.92 Å². The lowest BCUT2D eigenvalue weighted by molar-refractivity contribution is -0.122. The van der Waals surface area contributed by atoms with Gasteiger partial charge in [0, 0.05) is 6.42 Å². The van der Waals surface area contributed by atoms with Crippen molar-refractivity contribution in [1.29, 1.82) is 0 Å². The Morgan fingerprint density at radius 2 is 1.61 bits per heavy atom. The molecule has 1 aliphatic rings. The van der Waals surface area contributed by atoms with E-state index in [9.17, 15) is 9.59 Å². The van der Waals surface area contributed by atoms with Gasteiger partial charge in [-0.25, -0.2) is 0 Å². The van der Waals surface area contributed by atoms with E-state index in [1.54, 1.807) is 24.3 Å². The molecule has 1 atom stereocenters. The highest BCUT2D eigenvalue weighted by molar-refractivity contribution is 6.21. The van der Waals surface area contributed by atoms with Crippen LogP contribution in [-0.4, -0.2) is 11.8 Å². The maximum absolute atomic E-state index is 12.9. The zero-order valence-corrected chi connectivity index (χ0v) is 15.7. The number of nitrogens with zero attached hydrogens (tertiary/aromatic N) is 1. The third kappa shape index (κ3) is 3.81. The van der Waals surface area contributed by atoms with E-state index in [1.807, 2.05) is 55.5 Å². The molecule has 28 heavy (non-hydrogen) atoms. The summed E-state index contributed by atoms with van der Waals surface area (Å²) in [4.78, 5) is 26.7. The third-order valence-electron chi connectivity index (χ3n) is 4.88. The van der Waals surface area contributed by atoms with Crippen molar-refractivity contribution < 1.29 is 14.3 Å². The van der Waals surface area contributed by atoms with Gasteiger partial charge in [0.15, 0.2) is 0 Å². The van der Waals surface area contributed by atoms with Gasteiger partial charge >= 0.3 is 0 Å². The van der Waals surface area contributed by atoms with Crippen LogP contribution in [0.2, 0.25) is 0 Å². The fourth-order valence-corrected chi connectivity index (χ4v) is 3.54. The fourth-order valence-electron chi connectivity index (χ4n) is 3.54. The molecule has 3 aromatic carbocycles. The lowest BCUT2D eigenvalue weighted by atomic mass is 9.97. The second-order valence-electron chi connectivity index (χ2n) is 7.07. The number of carbonyl (C=O) groups excluding carboxylic acids is 2. The maximum Gasteiger partial charge on any atom is 0.237 e. The van der Waals surface area contributed by atoms with E-state index >= 15 is 0 Å². The van der Waals surface area contributed by atoms with Gasteiger partial charge in [0.25, 0.3) is 0 Å². The van der Waals surface area contributed by atoms with Crippen LogP contribution in [0.15, 0.2) is 78.9 Å². The zero-order chi connectivity index (χ0) is 19.5. The first kappa shape index (κ1) is 18.0. The predicted octanol–water partition coefficient (Wildman–Crippen LogP) is 4.91. The van der Waals surface area contributed by atoms with Gasteiger partial charge < -0.3 is 4.74 Å². The van der Waals surface area contributed by atoms with Gasteiger partial charge in [-0.3, -0.25) is 14.5 Å². The van der Waals surface area contributed by atoms with Crippen LogP contribution in [0.5, 0.6) is 11.5 Å². The van der Waals surface area contributed by atoms with E-state index in [4.69, 9.17) is 4.74 Å². The summed E-state index contributed by atoms with van der Waals surface area (Å²) >= 11 is 0. The summed E-state index contributed by atoms with van der Waals surface area (Å²) in [5.41, 5.74) is 2.82. The van der Waals surface area contributed by atoms with Crippen molar-refractivity contribution in [3.8, 4) is 11.5 Å². The molecule has 140 valence electrons. The van der Waals surface area contributed by atoms with Crippen LogP contribution in [0.4, 0.5) is 5.69 Å². The Hall–Kier alpha value is -3.40. The Kier molecular flexibility index (Phi) is 4.94. The molecule has 4 heteroatoms. The van der Waals surface area contributed by atoms with Crippen LogP contribution in [0.25, 0.3) is 0 Å². The molecule has 0 radical (unpaired) electrons. The highest BCUT2D eigenvalue weighted by atomic mass is 16.5. The monoisotopic (exact) mass is 371 g/mol. The number of ether oxygens (including phenoxy) is 1. The molecule has 2 amide bonds. The van der Waals surface area contributed by atoms with E-state index in [0.29, 0.717) is 17.9 Å². The molecular weight excluding hydrogens is 350 g/mol. The van der Waals surface area contributed by atoms with Crippen molar-refractivity contribution in [3.63, 3.8) is 0 Å². The Morgan fingerprint density at radius 1 is 0.893 bits per heavy atom. The summed E-state index contributed by atoms with van der Waals surface area (Å²) in [5, 5.41) is 0. The van der Waals surface area contributed by atoms with Gasteiger partial charge in [0.2, 0.25) is 11.8 Å². The van der Waals surface area contributed by atoms with Crippen LogP contribution in [0.3, 0.4) is 0 Å². The Labute approximate surface area is 164 Å². The van der Waals surface area contributed by atoms with Crippen molar-refractivity contribution in [3.05, 3.63) is 90.0 Å². The first-order chi connectivity index (χ1) is 13.6. The molecule has 0 N–H and O–H groups in total. The predicted molar refractivity (Wildman–Crippen MR) is 108 cm³/mol. The molecule has 0 unspecified atom stereocenters. The summed E-state index contributed by atoms with van der Waals surface area (Å²) < 4.78 is 5.77. The highest BCUT2D eigenvalue weighted by Crippen LogP contribution is 2.31. The summed E-state index contributed by atoms with van der Waals surface area (Å²) in [7, 11) is 0. The van der Waals surface area contributed by atoms with Crippen molar-refractivity contribution in [1.82, 2.24) is 0 Å². The summed E-state index contributed by atoms with van der Waals surface area (Å²) in [6.07, 6.45) is 0.826. The van der Waals surface area contributed by atoms with Crippen LogP contribution >= 0.6 is 0 Å². The number of para-hydroxylation sites is 1. The number of benzene rings is 3. The molecule has 1 saturated heterocycles. The lowest BCUT2D eigenvalue weighted by Crippen LogP contribution is -2.30. The largest absolute Gasteiger partial charge is 0.457 e. The van der Waals surface area contributed by atoms with Gasteiger partial charge in [-0.05, 0) is 55.3 Å². The zero-order valence-electron chi connectivity index (χ0n) is 15.7. The van der Waals surface area contributed by atoms with Gasteiger partial charge in [-0.2, -0.15) is 0 Å². The van der Waals surface area contributed by atoms with E-state index < -0.39 is 0 Å². The SMILES string of the molecule is Cc1cccc(C[C@H]2CC(=O)N(c3ccc(Oc4ccccc4)cc3)C2=O)c1. The average molecular weight is 371 g/mol. The molecule has 1 aliphatic heterocycles. The van der Waals surface area contributed by atoms with Crippen LogP contribution < -0.4 is 9.64 Å². The highest BCUT2D eigenvalue weighted by Gasteiger charge is 2.39. The number of aryl methyl sites for hydroxylation is 1. The van der Waals surface area contributed by atoms with E-state index in [2.05, 4.69) is 6.07 Å². The summed E-state index contributed by atoms with van der Waals surface area (Å²) in [6.45, 7) is 2.02. The van der Waals surface area contributed by atoms with Gasteiger partial charge in [0.1, 0.15) is 11.5 Å². The molecule has 0 aromatic heterocycles. The smallest absolute Gasteiger partial charge is 0.237 e. The second kappa shape index (κ2) is 7.69. The van der Waals surface area contributed by atoms with Crippen molar-refractivity contribution >= 4 is 17.5 Å². The molecule has 4 rings (SSSR count). The molecule has 1 fully saturated rings. The molecule has 1 heterocycles. The number of anilines is 1. The van der Waals surface area contributed by atoms with Crippen molar-refractivity contribution in [2.75, 3.05) is 4.90 Å². The minimum absolute atomic E-state index is 0.136. The molecule has 4 nitrogen and oxygen atoms in total. The average Bonchev–Trinajstić information content (AvgIpc) is 2.97. The summed E-state index contributed by atoms with van der Waals surface area (Å²) in [5.74, 6) is 0.796. The Balaban J connectivity index is 1.48. The molecule has 3 aromatic rings. The number of hydrogen-bond donors (Lipinski definition) is 0. The Bertz CT molecular complexity index is 996. The fraction of sp³-hybridized carbons (Fsp3) is 0.167. The standard InChI is InChI=1S/C24H21NO3/c1-17-6-5-7-18(14-17)15-19-16-23(26)25(24(19)27)20-10-12-22(13-11-20)28-21-8-3-2-4-9-21/h2-14,19H,15-16H2,1H3/t19-/m0/s1. The summed E-state index contributed by atoms with van der Waals surface area (Å²) in [6, 6.07) is 24.6. The van der Waals surface area contributed by atoms with Gasteiger partial charge in [0.05, 0.1) is 11.6 Å². The normalized spacial score (nSPS) is 16.5. The third-order valence-corrected chi connectivity index (χ3v) is 4.88. The molecule has 0 spiro atoms. The van der Waals surface area contributed by atoms with E-state index in [0.717, 1.165) is 16.9 Å². The minimum Gasteiger partial charge on any atom is -0.457 e. The van der Waals surface area contributed by atoms with E-state index in [-0.39, 0.29) is 24.2 Å². The maximum atomic E-state index is 12.9. The molecule has 0 aliphatic carbocycles. The molecule has 0 saturated carbocycles. The van der Waals surface area contributed by atoms with Gasteiger partial charge in [-0.1, -0.05) is 48.0 Å². The lowest BCUT2D eigenvalue weighted by Gasteiger charge is -2.16. The van der Waals surface area contributed by atoms with Crippen LogP contribution in [0.1, 0.15) is 17.5 Å². The minimum atomic E-state index is -0.311. The van der Waals surface area contributed by atoms with Gasteiger partial charge in [-0.15, -0.1) is 0 Å². The number of rotatable bonds is 5. The van der Waals surface area contributed by atoms with Crippen LogP contribution in [-0.2, 0) is 16.0 Å². The quantitative estimate of drug-likeness (QED) is 0.599. The number of carbonyl (C=O) groups is 2. The molecule has 0 bridgehead atoms. The van der Waals surface area contributed by atoms with Crippen molar-refractivity contribution in [2.45, 2.75) is 19.8 Å². The first-order valence-electron chi connectivity index (χ1n) is 9.35. The number of amides is 2. The van der Waals surface area contributed by atoms with E-state index in [1.165, 1.54) is 4.90 Å². The first-order valence-corrected chi connectivity index (χ1v) is 9.35. The number of hydrogen-bond acceptors (Lipinski definition) is 3. The van der Waals surface area contributed by atoms with Crippen LogP contribution in [0, 0.1) is 12.8 Å². The molecular formula is C24H21NO3. The topological polar surface area (TPSA) is 46.6 Å². The number of imide groups is 1. The second-order valence-corrected chi connectivity index (χ2v) is 7.07. The Morgan fingerprint density at radius 3 is 2.32 bits per heavy atom.